The molecule has 0 spiro atoms. The highest BCUT2D eigenvalue weighted by molar-refractivity contribution is 6.17. The van der Waals surface area contributed by atoms with E-state index in [1.807, 2.05) is 85.1 Å². The maximum absolute atomic E-state index is 13.2. The van der Waals surface area contributed by atoms with Gasteiger partial charge < -0.3 is 13.7 Å². The molecule has 0 saturated carbocycles. The molecule has 0 atom stereocenters. The highest BCUT2D eigenvalue weighted by Crippen LogP contribution is 2.29. The molecule has 5 nitrogen and oxygen atoms in total. The van der Waals surface area contributed by atoms with Crippen LogP contribution in [0, 0.1) is 13.8 Å². The Balaban J connectivity index is 1.41. The first-order valence-corrected chi connectivity index (χ1v) is 10.8. The quantitative estimate of drug-likeness (QED) is 0.183. The third-order valence-corrected chi connectivity index (χ3v) is 6.08. The van der Waals surface area contributed by atoms with Crippen LogP contribution in [0.1, 0.15) is 37.9 Å². The molecule has 3 aromatic carbocycles. The van der Waals surface area contributed by atoms with E-state index in [0.717, 1.165) is 38.7 Å². The molecule has 164 valence electrons. The largest absolute Gasteiger partial charge is 0.467 e. The van der Waals surface area contributed by atoms with Crippen molar-refractivity contribution in [1.82, 2.24) is 4.57 Å². The standard InChI is InChI=1S/C28H23NO4/c1-18-14-25(19(2)29(18)16-22-10-7-13-32-22)26(30)17-33-28(31)27-23-11-5-3-8-20(23)15-21-9-4-6-12-24(21)27/h3-15H,16-17H2,1-2H3. The van der Waals surface area contributed by atoms with Gasteiger partial charge in [-0.1, -0.05) is 48.5 Å². The van der Waals surface area contributed by atoms with Gasteiger partial charge in [0.25, 0.3) is 0 Å². The van der Waals surface area contributed by atoms with E-state index in [1.54, 1.807) is 6.26 Å². The van der Waals surface area contributed by atoms with E-state index in [0.29, 0.717) is 17.7 Å². The molecule has 5 aromatic rings. The highest BCUT2D eigenvalue weighted by Gasteiger charge is 2.21. The fraction of sp³-hybridized carbons (Fsp3) is 0.143. The number of furan rings is 1. The molecular formula is C28H23NO4. The molecule has 0 unspecified atom stereocenters. The fourth-order valence-corrected chi connectivity index (χ4v) is 4.40. The highest BCUT2D eigenvalue weighted by atomic mass is 16.5. The van der Waals surface area contributed by atoms with Gasteiger partial charge in [0.15, 0.2) is 6.61 Å². The predicted octanol–water partition coefficient (Wildman–Crippen LogP) is 6.09. The van der Waals surface area contributed by atoms with Crippen LogP contribution in [0.5, 0.6) is 0 Å². The summed E-state index contributed by atoms with van der Waals surface area (Å²) >= 11 is 0. The van der Waals surface area contributed by atoms with Gasteiger partial charge >= 0.3 is 5.97 Å². The second-order valence-corrected chi connectivity index (χ2v) is 8.14. The van der Waals surface area contributed by atoms with Gasteiger partial charge in [-0.2, -0.15) is 0 Å². The first kappa shape index (κ1) is 20.8. The topological polar surface area (TPSA) is 61.4 Å². The maximum atomic E-state index is 13.2. The van der Waals surface area contributed by atoms with Crippen LogP contribution in [0.3, 0.4) is 0 Å². The average molecular weight is 437 g/mol. The van der Waals surface area contributed by atoms with Crippen molar-refractivity contribution < 1.29 is 18.7 Å². The van der Waals surface area contributed by atoms with E-state index < -0.39 is 5.97 Å². The Labute approximate surface area is 191 Å². The van der Waals surface area contributed by atoms with Crippen LogP contribution >= 0.6 is 0 Å². The van der Waals surface area contributed by atoms with Gasteiger partial charge in [0, 0.05) is 17.0 Å². The number of fused-ring (bicyclic) bond motifs is 2. The predicted molar refractivity (Wildman–Crippen MR) is 128 cm³/mol. The molecule has 33 heavy (non-hydrogen) atoms. The molecule has 0 aliphatic rings. The van der Waals surface area contributed by atoms with Crippen LogP contribution in [0.25, 0.3) is 21.5 Å². The lowest BCUT2D eigenvalue weighted by molar-refractivity contribution is 0.0478. The van der Waals surface area contributed by atoms with Gasteiger partial charge in [0.05, 0.1) is 18.4 Å². The lowest BCUT2D eigenvalue weighted by Gasteiger charge is -2.11. The molecule has 5 heteroatoms. The summed E-state index contributed by atoms with van der Waals surface area (Å²) in [5.74, 6) is 0.0810. The van der Waals surface area contributed by atoms with Crippen molar-refractivity contribution in [1.29, 1.82) is 0 Å². The molecule has 0 N–H and O–H groups in total. The van der Waals surface area contributed by atoms with Crippen LogP contribution in [0.2, 0.25) is 0 Å². The van der Waals surface area contributed by atoms with Crippen molar-refractivity contribution in [2.75, 3.05) is 6.61 Å². The second kappa shape index (κ2) is 8.43. The number of esters is 1. The summed E-state index contributed by atoms with van der Waals surface area (Å²) in [5, 5.41) is 3.53. The van der Waals surface area contributed by atoms with E-state index in [2.05, 4.69) is 6.07 Å². The van der Waals surface area contributed by atoms with E-state index >= 15 is 0 Å². The number of rotatable bonds is 6. The first-order chi connectivity index (χ1) is 16.0. The van der Waals surface area contributed by atoms with Gasteiger partial charge in [-0.3, -0.25) is 4.79 Å². The van der Waals surface area contributed by atoms with Crippen molar-refractivity contribution >= 4 is 33.3 Å². The molecule has 0 radical (unpaired) electrons. The minimum atomic E-state index is -0.499. The molecule has 0 amide bonds. The number of benzene rings is 3. The number of aromatic nitrogens is 1. The van der Waals surface area contributed by atoms with Crippen LogP contribution in [0.4, 0.5) is 0 Å². The summed E-state index contributed by atoms with van der Waals surface area (Å²) < 4.78 is 13.0. The van der Waals surface area contributed by atoms with Gasteiger partial charge in [0.1, 0.15) is 5.76 Å². The van der Waals surface area contributed by atoms with Crippen LogP contribution in [0.15, 0.2) is 83.5 Å². The zero-order chi connectivity index (χ0) is 22.9. The number of aryl methyl sites for hydroxylation is 1. The molecular weight excluding hydrogens is 414 g/mol. The van der Waals surface area contributed by atoms with Crippen molar-refractivity contribution in [3.05, 3.63) is 107 Å². The number of ether oxygens (including phenoxy) is 1. The number of carbonyl (C=O) groups is 2. The van der Waals surface area contributed by atoms with Gasteiger partial charge in [-0.15, -0.1) is 0 Å². The van der Waals surface area contributed by atoms with Gasteiger partial charge in [-0.25, -0.2) is 4.79 Å². The zero-order valence-electron chi connectivity index (χ0n) is 18.5. The summed E-state index contributed by atoms with van der Waals surface area (Å²) in [6.07, 6.45) is 1.63. The third kappa shape index (κ3) is 3.82. The van der Waals surface area contributed by atoms with Crippen molar-refractivity contribution in [3.63, 3.8) is 0 Å². The molecule has 0 bridgehead atoms. The maximum Gasteiger partial charge on any atom is 0.339 e. The smallest absolute Gasteiger partial charge is 0.339 e. The second-order valence-electron chi connectivity index (χ2n) is 8.14. The number of Topliss-reactive ketones (excluding diaryl/α,β-unsaturated/α-hetero) is 1. The molecule has 5 rings (SSSR count). The van der Waals surface area contributed by atoms with E-state index in [9.17, 15) is 9.59 Å². The Hall–Kier alpha value is -4.12. The number of ketones is 1. The summed E-state index contributed by atoms with van der Waals surface area (Å²) in [4.78, 5) is 26.2. The monoisotopic (exact) mass is 437 g/mol. The lowest BCUT2D eigenvalue weighted by atomic mass is 9.97. The van der Waals surface area contributed by atoms with E-state index in [1.165, 1.54) is 0 Å². The van der Waals surface area contributed by atoms with Crippen molar-refractivity contribution in [3.8, 4) is 0 Å². The summed E-state index contributed by atoms with van der Waals surface area (Å²) in [6.45, 7) is 4.06. The Morgan fingerprint density at radius 2 is 1.55 bits per heavy atom. The average Bonchev–Trinajstić information content (AvgIpc) is 3.44. The van der Waals surface area contributed by atoms with Gasteiger partial charge in [-0.05, 0) is 59.7 Å². The zero-order valence-corrected chi connectivity index (χ0v) is 18.5. The summed E-state index contributed by atoms with van der Waals surface area (Å²) in [7, 11) is 0. The Kier molecular flexibility index (Phi) is 5.31. The molecule has 0 saturated heterocycles. The Morgan fingerprint density at radius 3 is 2.18 bits per heavy atom. The molecule has 0 aliphatic carbocycles. The molecule has 2 heterocycles. The molecule has 0 aliphatic heterocycles. The minimum absolute atomic E-state index is 0.230. The van der Waals surface area contributed by atoms with E-state index in [-0.39, 0.29) is 12.4 Å². The minimum Gasteiger partial charge on any atom is -0.467 e. The van der Waals surface area contributed by atoms with Crippen molar-refractivity contribution in [2.45, 2.75) is 20.4 Å². The normalized spacial score (nSPS) is 11.2. The van der Waals surface area contributed by atoms with Crippen molar-refractivity contribution in [2.24, 2.45) is 0 Å². The van der Waals surface area contributed by atoms with Crippen LogP contribution in [-0.4, -0.2) is 22.9 Å². The number of hydrogen-bond acceptors (Lipinski definition) is 4. The molecule has 2 aromatic heterocycles. The van der Waals surface area contributed by atoms with Gasteiger partial charge in [0.2, 0.25) is 5.78 Å². The third-order valence-electron chi connectivity index (χ3n) is 6.08. The summed E-state index contributed by atoms with van der Waals surface area (Å²) in [6, 6.07) is 23.0. The Bertz CT molecular complexity index is 1440. The van der Waals surface area contributed by atoms with Crippen LogP contribution < -0.4 is 0 Å². The van der Waals surface area contributed by atoms with E-state index in [4.69, 9.17) is 9.15 Å². The molecule has 0 fully saturated rings. The first-order valence-electron chi connectivity index (χ1n) is 10.8. The summed E-state index contributed by atoms with van der Waals surface area (Å²) in [5.41, 5.74) is 2.80. The lowest BCUT2D eigenvalue weighted by Crippen LogP contribution is -2.16. The van der Waals surface area contributed by atoms with Crippen LogP contribution in [-0.2, 0) is 11.3 Å². The number of carbonyl (C=O) groups excluding carboxylic acids is 2. The number of hydrogen-bond donors (Lipinski definition) is 0. The fourth-order valence-electron chi connectivity index (χ4n) is 4.40. The SMILES string of the molecule is Cc1cc(C(=O)COC(=O)c2c3ccccc3cc3ccccc23)c(C)n1Cc1ccco1. The number of nitrogens with zero attached hydrogens (tertiary/aromatic N) is 1. The Morgan fingerprint density at radius 1 is 0.879 bits per heavy atom.